The summed E-state index contributed by atoms with van der Waals surface area (Å²) < 4.78 is 5.13. The maximum absolute atomic E-state index is 10.9. The van der Waals surface area contributed by atoms with E-state index in [4.69, 9.17) is 21.4 Å². The molecule has 0 aliphatic carbocycles. The molecule has 6 nitrogen and oxygen atoms in total. The number of para-hydroxylation sites is 1. The van der Waals surface area contributed by atoms with Crippen LogP contribution in [0.1, 0.15) is 0 Å². The highest BCUT2D eigenvalue weighted by molar-refractivity contribution is 8.00. The van der Waals surface area contributed by atoms with Crippen LogP contribution in [0.25, 0.3) is 10.9 Å². The number of carbonyl (C=O) groups is 1. The van der Waals surface area contributed by atoms with Crippen LogP contribution in [0.5, 0.6) is 5.75 Å². The van der Waals surface area contributed by atoms with E-state index in [-0.39, 0.29) is 5.75 Å². The molecule has 25 heavy (non-hydrogen) atoms. The third kappa shape index (κ3) is 4.12. The number of nitrogens with one attached hydrogen (secondary N) is 1. The SMILES string of the molecule is COc1ccc(Nc2nc(SCC(=O)O)c3ccccc3n2)cc1Cl. The van der Waals surface area contributed by atoms with Crippen LogP contribution in [-0.4, -0.2) is 33.9 Å². The van der Waals surface area contributed by atoms with Gasteiger partial charge < -0.3 is 15.2 Å². The molecule has 8 heteroatoms. The van der Waals surface area contributed by atoms with E-state index in [1.807, 2.05) is 24.3 Å². The number of aliphatic carboxylic acids is 1. The van der Waals surface area contributed by atoms with Crippen LogP contribution in [0, 0.1) is 0 Å². The lowest BCUT2D eigenvalue weighted by Gasteiger charge is -2.10. The highest BCUT2D eigenvalue weighted by Gasteiger charge is 2.11. The van der Waals surface area contributed by atoms with E-state index in [1.165, 1.54) is 0 Å². The Morgan fingerprint density at radius 2 is 2.08 bits per heavy atom. The van der Waals surface area contributed by atoms with Gasteiger partial charge in [0, 0.05) is 11.1 Å². The summed E-state index contributed by atoms with van der Waals surface area (Å²) in [5.74, 6) is -0.0317. The summed E-state index contributed by atoms with van der Waals surface area (Å²) in [7, 11) is 1.55. The summed E-state index contributed by atoms with van der Waals surface area (Å²) >= 11 is 7.29. The predicted molar refractivity (Wildman–Crippen MR) is 99.2 cm³/mol. The highest BCUT2D eigenvalue weighted by Crippen LogP contribution is 2.30. The molecule has 3 rings (SSSR count). The molecule has 0 radical (unpaired) electrons. The lowest BCUT2D eigenvalue weighted by molar-refractivity contribution is -0.133. The first-order chi connectivity index (χ1) is 12.1. The van der Waals surface area contributed by atoms with Gasteiger partial charge in [0.2, 0.25) is 5.95 Å². The van der Waals surface area contributed by atoms with Crippen molar-refractivity contribution in [2.45, 2.75) is 5.03 Å². The molecule has 2 aromatic carbocycles. The maximum atomic E-state index is 10.9. The Balaban J connectivity index is 1.95. The monoisotopic (exact) mass is 375 g/mol. The van der Waals surface area contributed by atoms with E-state index in [2.05, 4.69) is 15.3 Å². The predicted octanol–water partition coefficient (Wildman–Crippen LogP) is 4.21. The van der Waals surface area contributed by atoms with E-state index >= 15 is 0 Å². The second-order valence-corrected chi connectivity index (χ2v) is 6.40. The van der Waals surface area contributed by atoms with Crippen molar-refractivity contribution in [3.8, 4) is 5.75 Å². The molecule has 128 valence electrons. The first kappa shape index (κ1) is 17.3. The van der Waals surface area contributed by atoms with Crippen LogP contribution in [0.4, 0.5) is 11.6 Å². The summed E-state index contributed by atoms with van der Waals surface area (Å²) in [6.07, 6.45) is 0. The van der Waals surface area contributed by atoms with E-state index in [1.54, 1.807) is 25.3 Å². The minimum absolute atomic E-state index is 0.0746. The number of hydrogen-bond acceptors (Lipinski definition) is 6. The van der Waals surface area contributed by atoms with E-state index in [9.17, 15) is 4.79 Å². The number of aromatic nitrogens is 2. The molecule has 0 spiro atoms. The van der Waals surface area contributed by atoms with Crippen LogP contribution >= 0.6 is 23.4 Å². The molecule has 0 amide bonds. The Labute approximate surface area is 153 Å². The number of ether oxygens (including phenoxy) is 1. The largest absolute Gasteiger partial charge is 0.495 e. The smallest absolute Gasteiger partial charge is 0.313 e. The molecule has 2 N–H and O–H groups in total. The molecule has 3 aromatic rings. The second kappa shape index (κ2) is 7.58. The number of carboxylic acid groups (broad SMARTS) is 1. The molecule has 0 aliphatic rings. The quantitative estimate of drug-likeness (QED) is 0.493. The average molecular weight is 376 g/mol. The fraction of sp³-hybridized carbons (Fsp3) is 0.118. The molecule has 0 saturated heterocycles. The Bertz CT molecular complexity index is 936. The van der Waals surface area contributed by atoms with Crippen molar-refractivity contribution in [2.75, 3.05) is 18.2 Å². The third-order valence-corrected chi connectivity index (χ3v) is 4.58. The van der Waals surface area contributed by atoms with Crippen LogP contribution < -0.4 is 10.1 Å². The first-order valence-corrected chi connectivity index (χ1v) is 8.65. The van der Waals surface area contributed by atoms with Crippen molar-refractivity contribution in [3.63, 3.8) is 0 Å². The molecular formula is C17H14ClN3O3S. The van der Waals surface area contributed by atoms with Gasteiger partial charge in [0.15, 0.2) is 0 Å². The molecule has 0 unspecified atom stereocenters. The van der Waals surface area contributed by atoms with Gasteiger partial charge in [0.1, 0.15) is 10.8 Å². The minimum Gasteiger partial charge on any atom is -0.495 e. The van der Waals surface area contributed by atoms with Crippen molar-refractivity contribution < 1.29 is 14.6 Å². The number of halogens is 1. The third-order valence-electron chi connectivity index (χ3n) is 3.31. The number of hydrogen-bond donors (Lipinski definition) is 2. The van der Waals surface area contributed by atoms with E-state index in [0.29, 0.717) is 27.4 Å². The van der Waals surface area contributed by atoms with Crippen LogP contribution in [0.15, 0.2) is 47.5 Å². The van der Waals surface area contributed by atoms with Gasteiger partial charge in [-0.15, -0.1) is 0 Å². The van der Waals surface area contributed by atoms with Crippen LogP contribution in [0.2, 0.25) is 5.02 Å². The number of rotatable bonds is 6. The van der Waals surface area contributed by atoms with Crippen molar-refractivity contribution in [2.24, 2.45) is 0 Å². The summed E-state index contributed by atoms with van der Waals surface area (Å²) in [6.45, 7) is 0. The van der Waals surface area contributed by atoms with Crippen molar-refractivity contribution in [3.05, 3.63) is 47.5 Å². The molecule has 1 aromatic heterocycles. The number of benzene rings is 2. The van der Waals surface area contributed by atoms with Crippen LogP contribution in [0.3, 0.4) is 0 Å². The lowest BCUT2D eigenvalue weighted by atomic mass is 10.2. The lowest BCUT2D eigenvalue weighted by Crippen LogP contribution is -2.02. The van der Waals surface area contributed by atoms with Gasteiger partial charge in [0.05, 0.1) is 23.4 Å². The number of methoxy groups -OCH3 is 1. The molecular weight excluding hydrogens is 362 g/mol. The molecule has 0 fully saturated rings. The van der Waals surface area contributed by atoms with Crippen molar-refractivity contribution >= 4 is 51.9 Å². The average Bonchev–Trinajstić information content (AvgIpc) is 2.60. The first-order valence-electron chi connectivity index (χ1n) is 7.29. The Hall–Kier alpha value is -2.51. The normalized spacial score (nSPS) is 10.6. The fourth-order valence-corrected chi connectivity index (χ4v) is 3.21. The number of anilines is 2. The van der Waals surface area contributed by atoms with E-state index < -0.39 is 5.97 Å². The number of carboxylic acids is 1. The number of fused-ring (bicyclic) bond motifs is 1. The summed E-state index contributed by atoms with van der Waals surface area (Å²) in [5.41, 5.74) is 1.43. The van der Waals surface area contributed by atoms with E-state index in [0.717, 1.165) is 22.7 Å². The summed E-state index contributed by atoms with van der Waals surface area (Å²) in [5, 5.41) is 13.9. The van der Waals surface area contributed by atoms with Crippen LogP contribution in [-0.2, 0) is 4.79 Å². The zero-order chi connectivity index (χ0) is 17.8. The van der Waals surface area contributed by atoms with Gasteiger partial charge >= 0.3 is 5.97 Å². The number of nitrogens with zero attached hydrogens (tertiary/aromatic N) is 2. The van der Waals surface area contributed by atoms with Crippen molar-refractivity contribution in [1.29, 1.82) is 0 Å². The van der Waals surface area contributed by atoms with Crippen molar-refractivity contribution in [1.82, 2.24) is 9.97 Å². The highest BCUT2D eigenvalue weighted by atomic mass is 35.5. The maximum Gasteiger partial charge on any atom is 0.313 e. The zero-order valence-electron chi connectivity index (χ0n) is 13.2. The molecule has 0 bridgehead atoms. The Morgan fingerprint density at radius 1 is 1.28 bits per heavy atom. The molecule has 0 saturated carbocycles. The molecule has 1 heterocycles. The topological polar surface area (TPSA) is 84.3 Å². The Kier molecular flexibility index (Phi) is 5.25. The minimum atomic E-state index is -0.899. The zero-order valence-corrected chi connectivity index (χ0v) is 14.8. The summed E-state index contributed by atoms with van der Waals surface area (Å²) in [4.78, 5) is 19.8. The van der Waals surface area contributed by atoms with Gasteiger partial charge in [-0.2, -0.15) is 0 Å². The molecule has 0 atom stereocenters. The second-order valence-electron chi connectivity index (χ2n) is 5.03. The van der Waals surface area contributed by atoms with Gasteiger partial charge in [-0.05, 0) is 24.3 Å². The fourth-order valence-electron chi connectivity index (χ4n) is 2.22. The van der Waals surface area contributed by atoms with Gasteiger partial charge in [-0.25, -0.2) is 9.97 Å². The molecule has 0 aliphatic heterocycles. The number of thioether (sulfide) groups is 1. The summed E-state index contributed by atoms with van der Waals surface area (Å²) in [6, 6.07) is 12.7. The van der Waals surface area contributed by atoms with Gasteiger partial charge in [0.25, 0.3) is 0 Å². The van der Waals surface area contributed by atoms with Gasteiger partial charge in [-0.1, -0.05) is 41.6 Å². The standard InChI is InChI=1S/C17H14ClN3O3S/c1-24-14-7-6-10(8-12(14)18)19-17-20-13-5-3-2-4-11(13)16(21-17)25-9-15(22)23/h2-8H,9H2,1H3,(H,22,23)(H,19,20,21). The van der Waals surface area contributed by atoms with Gasteiger partial charge in [-0.3, -0.25) is 4.79 Å². The Morgan fingerprint density at radius 3 is 2.80 bits per heavy atom.